The monoisotopic (exact) mass is 354 g/mol. The van der Waals surface area contributed by atoms with Crippen LogP contribution in [-0.4, -0.2) is 56.0 Å². The van der Waals surface area contributed by atoms with Crippen molar-refractivity contribution in [1.29, 1.82) is 0 Å². The number of amides is 2. The number of nitrogens with one attached hydrogen (secondary N) is 2. The smallest absolute Gasteiger partial charge is 0.253 e. The molecule has 0 bridgehead atoms. The molecule has 0 aliphatic rings. The van der Waals surface area contributed by atoms with Crippen molar-refractivity contribution in [2.24, 2.45) is 5.73 Å². The molecule has 138 valence electrons. The molecule has 0 saturated heterocycles. The molecule has 0 aliphatic heterocycles. The molecule has 2 aromatic carbocycles. The van der Waals surface area contributed by atoms with E-state index in [4.69, 9.17) is 5.73 Å². The van der Waals surface area contributed by atoms with Crippen LogP contribution in [0.1, 0.15) is 20.7 Å². The van der Waals surface area contributed by atoms with Crippen molar-refractivity contribution in [3.63, 3.8) is 0 Å². The zero-order valence-electron chi connectivity index (χ0n) is 14.9. The molecular weight excluding hydrogens is 328 g/mol. The Bertz CT molecular complexity index is 677. The van der Waals surface area contributed by atoms with Crippen LogP contribution in [0, 0.1) is 0 Å². The lowest BCUT2D eigenvalue weighted by Gasteiger charge is -2.22. The zero-order chi connectivity index (χ0) is 18.6. The number of rotatable bonds is 10. The van der Waals surface area contributed by atoms with Crippen LogP contribution in [0.3, 0.4) is 0 Å². The fourth-order valence-electron chi connectivity index (χ4n) is 2.53. The molecule has 4 N–H and O–H groups in total. The highest BCUT2D eigenvalue weighted by Gasteiger charge is 2.14. The number of hydrogen-bond acceptors (Lipinski definition) is 4. The highest BCUT2D eigenvalue weighted by molar-refractivity contribution is 5.94. The lowest BCUT2D eigenvalue weighted by atomic mass is 10.2. The lowest BCUT2D eigenvalue weighted by Crippen LogP contribution is -2.41. The lowest BCUT2D eigenvalue weighted by molar-refractivity contribution is 0.0761. The minimum atomic E-state index is -0.0867. The molecule has 0 atom stereocenters. The number of carbonyl (C=O) groups excluding carboxylic acids is 2. The Morgan fingerprint density at radius 1 is 0.808 bits per heavy atom. The van der Waals surface area contributed by atoms with E-state index in [1.54, 1.807) is 29.2 Å². The van der Waals surface area contributed by atoms with Crippen molar-refractivity contribution >= 4 is 11.8 Å². The summed E-state index contributed by atoms with van der Waals surface area (Å²) in [5, 5.41) is 6.10. The molecule has 6 nitrogen and oxygen atoms in total. The van der Waals surface area contributed by atoms with Gasteiger partial charge in [-0.05, 0) is 24.3 Å². The molecule has 0 unspecified atom stereocenters. The van der Waals surface area contributed by atoms with Crippen LogP contribution in [0.4, 0.5) is 0 Å². The number of nitrogens with zero attached hydrogens (tertiary/aromatic N) is 1. The Labute approximate surface area is 154 Å². The van der Waals surface area contributed by atoms with Crippen molar-refractivity contribution in [2.45, 2.75) is 0 Å². The third-order valence-electron chi connectivity index (χ3n) is 3.89. The summed E-state index contributed by atoms with van der Waals surface area (Å²) in [5.74, 6) is -0.105. The number of nitrogens with two attached hydrogens (primary N) is 1. The predicted molar refractivity (Wildman–Crippen MR) is 103 cm³/mol. The first kappa shape index (κ1) is 19.6. The van der Waals surface area contributed by atoms with Gasteiger partial charge in [0.05, 0.1) is 0 Å². The van der Waals surface area contributed by atoms with Crippen molar-refractivity contribution in [3.8, 4) is 0 Å². The second-order valence-corrected chi connectivity index (χ2v) is 5.82. The van der Waals surface area contributed by atoms with E-state index in [1.807, 2.05) is 36.4 Å². The van der Waals surface area contributed by atoms with Gasteiger partial charge in [-0.3, -0.25) is 9.59 Å². The minimum Gasteiger partial charge on any atom is -0.351 e. The molecule has 2 amide bonds. The van der Waals surface area contributed by atoms with Gasteiger partial charge in [0.2, 0.25) is 0 Å². The van der Waals surface area contributed by atoms with Gasteiger partial charge in [0.1, 0.15) is 0 Å². The highest BCUT2D eigenvalue weighted by Crippen LogP contribution is 2.04. The van der Waals surface area contributed by atoms with Gasteiger partial charge in [-0.1, -0.05) is 36.4 Å². The summed E-state index contributed by atoms with van der Waals surface area (Å²) in [6.45, 7) is 3.30. The minimum absolute atomic E-state index is 0.0183. The van der Waals surface area contributed by atoms with Gasteiger partial charge < -0.3 is 21.3 Å². The Balaban J connectivity index is 1.68. The van der Waals surface area contributed by atoms with E-state index >= 15 is 0 Å². The number of carbonyl (C=O) groups is 2. The normalized spacial score (nSPS) is 10.3. The second kappa shape index (κ2) is 11.0. The fourth-order valence-corrected chi connectivity index (χ4v) is 2.53. The molecule has 2 rings (SSSR count). The van der Waals surface area contributed by atoms with Gasteiger partial charge in [-0.2, -0.15) is 0 Å². The van der Waals surface area contributed by atoms with Crippen LogP contribution in [0.25, 0.3) is 0 Å². The molecule has 0 radical (unpaired) electrons. The average molecular weight is 354 g/mol. The third-order valence-corrected chi connectivity index (χ3v) is 3.89. The van der Waals surface area contributed by atoms with E-state index in [0.29, 0.717) is 50.4 Å². The molecular formula is C20H26N4O2. The van der Waals surface area contributed by atoms with Gasteiger partial charge in [0, 0.05) is 50.4 Å². The summed E-state index contributed by atoms with van der Waals surface area (Å²) in [5.41, 5.74) is 6.94. The van der Waals surface area contributed by atoms with E-state index in [9.17, 15) is 9.59 Å². The number of hydrogen-bond donors (Lipinski definition) is 3. The van der Waals surface area contributed by atoms with Crippen molar-refractivity contribution < 1.29 is 9.59 Å². The van der Waals surface area contributed by atoms with Crippen molar-refractivity contribution in [3.05, 3.63) is 71.8 Å². The van der Waals surface area contributed by atoms with E-state index in [0.717, 1.165) is 0 Å². The molecule has 0 aliphatic carbocycles. The molecule has 0 heterocycles. The van der Waals surface area contributed by atoms with E-state index in [2.05, 4.69) is 10.6 Å². The molecule has 0 spiro atoms. The van der Waals surface area contributed by atoms with E-state index in [1.165, 1.54) is 0 Å². The van der Waals surface area contributed by atoms with Gasteiger partial charge in [-0.15, -0.1) is 0 Å². The van der Waals surface area contributed by atoms with Crippen molar-refractivity contribution in [2.75, 3.05) is 39.3 Å². The summed E-state index contributed by atoms with van der Waals surface area (Å²) in [7, 11) is 0. The molecule has 0 fully saturated rings. The summed E-state index contributed by atoms with van der Waals surface area (Å²) < 4.78 is 0. The maximum absolute atomic E-state index is 12.5. The largest absolute Gasteiger partial charge is 0.351 e. The summed E-state index contributed by atoms with van der Waals surface area (Å²) in [6, 6.07) is 18.3. The third kappa shape index (κ3) is 6.31. The Morgan fingerprint density at radius 3 is 2.04 bits per heavy atom. The van der Waals surface area contributed by atoms with Crippen LogP contribution in [0.15, 0.2) is 60.7 Å². The fraction of sp³-hybridized carbons (Fsp3) is 0.300. The Morgan fingerprint density at radius 2 is 1.42 bits per heavy atom. The van der Waals surface area contributed by atoms with Gasteiger partial charge in [0.25, 0.3) is 11.8 Å². The standard InChI is InChI=1S/C20H26N4O2/c21-11-15-24(20(26)18-9-5-2-6-10-18)16-14-22-12-13-23-19(25)17-7-3-1-4-8-17/h1-10,22H,11-16,21H2,(H,23,25). The summed E-state index contributed by atoms with van der Waals surface area (Å²) in [4.78, 5) is 26.1. The first-order chi connectivity index (χ1) is 12.7. The van der Waals surface area contributed by atoms with Crippen molar-refractivity contribution in [1.82, 2.24) is 15.5 Å². The van der Waals surface area contributed by atoms with Gasteiger partial charge in [0.15, 0.2) is 0 Å². The Hall–Kier alpha value is -2.70. The summed E-state index contributed by atoms with van der Waals surface area (Å²) in [6.07, 6.45) is 0. The van der Waals surface area contributed by atoms with Crippen LogP contribution in [0.2, 0.25) is 0 Å². The predicted octanol–water partition coefficient (Wildman–Crippen LogP) is 1.11. The van der Waals surface area contributed by atoms with Crippen LogP contribution in [0.5, 0.6) is 0 Å². The Kier molecular flexibility index (Phi) is 8.32. The average Bonchev–Trinajstić information content (AvgIpc) is 2.70. The molecule has 2 aromatic rings. The quantitative estimate of drug-likeness (QED) is 0.558. The van der Waals surface area contributed by atoms with E-state index < -0.39 is 0 Å². The van der Waals surface area contributed by atoms with Gasteiger partial charge >= 0.3 is 0 Å². The highest BCUT2D eigenvalue weighted by atomic mass is 16.2. The maximum atomic E-state index is 12.5. The SMILES string of the molecule is NCCN(CCNCCNC(=O)c1ccccc1)C(=O)c1ccccc1. The molecule has 26 heavy (non-hydrogen) atoms. The van der Waals surface area contributed by atoms with Crippen LogP contribution >= 0.6 is 0 Å². The number of benzene rings is 2. The molecule has 0 aromatic heterocycles. The molecule has 0 saturated carbocycles. The van der Waals surface area contributed by atoms with Crippen LogP contribution < -0.4 is 16.4 Å². The van der Waals surface area contributed by atoms with Crippen LogP contribution in [-0.2, 0) is 0 Å². The summed E-state index contributed by atoms with van der Waals surface area (Å²) >= 11 is 0. The topological polar surface area (TPSA) is 87.5 Å². The maximum Gasteiger partial charge on any atom is 0.253 e. The second-order valence-electron chi connectivity index (χ2n) is 5.82. The first-order valence-corrected chi connectivity index (χ1v) is 8.80. The molecule has 6 heteroatoms. The zero-order valence-corrected chi connectivity index (χ0v) is 14.9. The van der Waals surface area contributed by atoms with E-state index in [-0.39, 0.29) is 11.8 Å². The van der Waals surface area contributed by atoms with Gasteiger partial charge in [-0.25, -0.2) is 0 Å². The first-order valence-electron chi connectivity index (χ1n) is 8.80.